The van der Waals surface area contributed by atoms with E-state index in [2.05, 4.69) is 15.1 Å². The fourth-order valence-corrected chi connectivity index (χ4v) is 2.70. The van der Waals surface area contributed by atoms with Gasteiger partial charge in [-0.05, 0) is 18.9 Å². The Hall–Kier alpha value is -2.48. The van der Waals surface area contributed by atoms with E-state index in [4.69, 9.17) is 4.74 Å². The van der Waals surface area contributed by atoms with E-state index in [1.54, 1.807) is 17.8 Å². The van der Waals surface area contributed by atoms with Crippen molar-refractivity contribution >= 4 is 23.9 Å². The molecule has 0 bridgehead atoms. The number of amides is 2. The molecule has 2 N–H and O–H groups in total. The van der Waals surface area contributed by atoms with Crippen LogP contribution in [0.3, 0.4) is 0 Å². The number of aromatic nitrogens is 2. The third-order valence-electron chi connectivity index (χ3n) is 3.19. The Morgan fingerprint density at radius 2 is 2.00 bits per heavy atom. The van der Waals surface area contributed by atoms with Crippen molar-refractivity contribution in [2.24, 2.45) is 0 Å². The van der Waals surface area contributed by atoms with Gasteiger partial charge in [0.25, 0.3) is 0 Å². The fourth-order valence-electron chi connectivity index (χ4n) is 2.05. The highest BCUT2D eigenvalue weighted by atomic mass is 32.2. The molecule has 0 unspecified atom stereocenters. The third-order valence-corrected chi connectivity index (χ3v) is 3.97. The summed E-state index contributed by atoms with van der Waals surface area (Å²) in [6.45, 7) is 5.10. The first kappa shape index (κ1) is 18.9. The number of hydrogen-bond acceptors (Lipinski definition) is 5. The number of hydrogen-bond donors (Lipinski definition) is 2. The van der Waals surface area contributed by atoms with Crippen LogP contribution in [0.2, 0.25) is 0 Å². The predicted molar refractivity (Wildman–Crippen MR) is 96.4 cm³/mol. The summed E-state index contributed by atoms with van der Waals surface area (Å²) in [6.07, 6.45) is 2.48. The quantitative estimate of drug-likeness (QED) is 0.557. The van der Waals surface area contributed by atoms with Crippen molar-refractivity contribution in [3.8, 4) is 0 Å². The minimum atomic E-state index is -0.458. The van der Waals surface area contributed by atoms with Gasteiger partial charge in [0, 0.05) is 24.7 Å². The van der Waals surface area contributed by atoms with Gasteiger partial charge in [0.2, 0.25) is 0 Å². The summed E-state index contributed by atoms with van der Waals surface area (Å²) in [5, 5.41) is 7.50. The molecule has 0 aliphatic rings. The number of benzene rings is 1. The number of esters is 1. The number of carbonyl (C=O) groups is 2. The average Bonchev–Trinajstić information content (AvgIpc) is 3.02. The van der Waals surface area contributed by atoms with Crippen LogP contribution < -0.4 is 10.0 Å². The first-order valence-corrected chi connectivity index (χ1v) is 8.94. The van der Waals surface area contributed by atoms with Gasteiger partial charge in [-0.1, -0.05) is 37.3 Å². The van der Waals surface area contributed by atoms with Crippen LogP contribution >= 0.6 is 11.9 Å². The number of rotatable bonds is 8. The Labute approximate surface area is 151 Å². The molecule has 1 heterocycles. The number of carbonyl (C=O) groups excluding carboxylic acids is 2. The number of nitrogens with one attached hydrogen (secondary N) is 2. The summed E-state index contributed by atoms with van der Waals surface area (Å²) in [5.74, 6) is -0.458. The van der Waals surface area contributed by atoms with Gasteiger partial charge in [-0.3, -0.25) is 9.40 Å². The van der Waals surface area contributed by atoms with E-state index >= 15 is 0 Å². The lowest BCUT2D eigenvalue weighted by atomic mass is 10.2. The average molecular weight is 362 g/mol. The van der Waals surface area contributed by atoms with Crippen LogP contribution in [0.4, 0.5) is 4.79 Å². The standard InChI is InChI=1S/C17H22N4O3S/c1-3-10-18-17(23)20-25-15-14(16(22)24-4-2)12-21(19-15)11-13-8-6-5-7-9-13/h5-9,12H,3-4,10-11H2,1-2H3,(H2,18,20,23). The molecule has 0 fully saturated rings. The maximum absolute atomic E-state index is 12.1. The van der Waals surface area contributed by atoms with E-state index in [0.717, 1.165) is 23.9 Å². The van der Waals surface area contributed by atoms with E-state index in [9.17, 15) is 9.59 Å². The summed E-state index contributed by atoms with van der Waals surface area (Å²) in [5.41, 5.74) is 1.39. The predicted octanol–water partition coefficient (Wildman–Crippen LogP) is 2.82. The molecule has 2 aromatic rings. The van der Waals surface area contributed by atoms with Crippen molar-refractivity contribution in [2.75, 3.05) is 13.2 Å². The molecule has 0 aliphatic heterocycles. The van der Waals surface area contributed by atoms with Crippen molar-refractivity contribution in [1.82, 2.24) is 19.8 Å². The van der Waals surface area contributed by atoms with Crippen LogP contribution in [0.1, 0.15) is 36.2 Å². The van der Waals surface area contributed by atoms with Gasteiger partial charge in [-0.2, -0.15) is 5.10 Å². The Morgan fingerprint density at radius 1 is 1.24 bits per heavy atom. The summed E-state index contributed by atoms with van der Waals surface area (Å²) < 4.78 is 9.36. The van der Waals surface area contributed by atoms with Crippen LogP contribution in [0.25, 0.3) is 0 Å². The minimum Gasteiger partial charge on any atom is -0.462 e. The van der Waals surface area contributed by atoms with E-state index in [1.807, 2.05) is 37.3 Å². The molecule has 0 saturated carbocycles. The topological polar surface area (TPSA) is 85.3 Å². The molecule has 1 aromatic carbocycles. The molecule has 25 heavy (non-hydrogen) atoms. The molecule has 2 rings (SSSR count). The molecule has 134 valence electrons. The lowest BCUT2D eigenvalue weighted by molar-refractivity contribution is 0.0522. The highest BCUT2D eigenvalue weighted by Gasteiger charge is 2.19. The van der Waals surface area contributed by atoms with Crippen molar-refractivity contribution in [2.45, 2.75) is 31.8 Å². The minimum absolute atomic E-state index is 0.275. The Morgan fingerprint density at radius 3 is 2.68 bits per heavy atom. The Bertz CT molecular complexity index is 703. The van der Waals surface area contributed by atoms with Gasteiger partial charge < -0.3 is 10.1 Å². The van der Waals surface area contributed by atoms with Gasteiger partial charge >= 0.3 is 12.0 Å². The van der Waals surface area contributed by atoms with Crippen molar-refractivity contribution in [1.29, 1.82) is 0 Å². The van der Waals surface area contributed by atoms with Crippen molar-refractivity contribution in [3.05, 3.63) is 47.7 Å². The summed E-state index contributed by atoms with van der Waals surface area (Å²) in [4.78, 5) is 23.8. The maximum Gasteiger partial charge on any atom is 0.342 e. The van der Waals surface area contributed by atoms with Crippen molar-refractivity contribution < 1.29 is 14.3 Å². The molecule has 8 heteroatoms. The second-order valence-electron chi connectivity index (χ2n) is 5.21. The van der Waals surface area contributed by atoms with E-state index < -0.39 is 5.97 Å². The van der Waals surface area contributed by atoms with E-state index in [1.165, 1.54) is 0 Å². The highest BCUT2D eigenvalue weighted by molar-refractivity contribution is 7.98. The van der Waals surface area contributed by atoms with Crippen LogP contribution in [-0.4, -0.2) is 34.9 Å². The summed E-state index contributed by atoms with van der Waals surface area (Å²) in [6, 6.07) is 9.47. The highest BCUT2D eigenvalue weighted by Crippen LogP contribution is 2.20. The molecular formula is C17H22N4O3S. The zero-order valence-electron chi connectivity index (χ0n) is 14.3. The molecule has 0 radical (unpaired) electrons. The van der Waals surface area contributed by atoms with E-state index in [-0.39, 0.29) is 12.6 Å². The molecule has 0 spiro atoms. The van der Waals surface area contributed by atoms with Gasteiger partial charge in [-0.25, -0.2) is 9.59 Å². The zero-order chi connectivity index (χ0) is 18.1. The first-order valence-electron chi connectivity index (χ1n) is 8.13. The second-order valence-corrected chi connectivity index (χ2v) is 6.01. The monoisotopic (exact) mass is 362 g/mol. The summed E-state index contributed by atoms with van der Waals surface area (Å²) >= 11 is 0.996. The Kier molecular flexibility index (Phi) is 7.34. The van der Waals surface area contributed by atoms with Gasteiger partial charge in [0.15, 0.2) is 5.03 Å². The third kappa shape index (κ3) is 5.82. The smallest absolute Gasteiger partial charge is 0.342 e. The molecule has 0 aliphatic carbocycles. The van der Waals surface area contributed by atoms with Gasteiger partial charge in [-0.15, -0.1) is 0 Å². The molecule has 7 nitrogen and oxygen atoms in total. The van der Waals surface area contributed by atoms with E-state index in [0.29, 0.717) is 23.7 Å². The Balaban J connectivity index is 2.12. The summed E-state index contributed by atoms with van der Waals surface area (Å²) in [7, 11) is 0. The maximum atomic E-state index is 12.1. The molecule has 2 amide bonds. The van der Waals surface area contributed by atoms with Crippen LogP contribution in [0.5, 0.6) is 0 Å². The van der Waals surface area contributed by atoms with Crippen LogP contribution in [0.15, 0.2) is 41.6 Å². The van der Waals surface area contributed by atoms with Crippen molar-refractivity contribution in [3.63, 3.8) is 0 Å². The second kappa shape index (κ2) is 9.73. The number of urea groups is 1. The normalized spacial score (nSPS) is 10.3. The SMILES string of the molecule is CCCNC(=O)NSc1nn(Cc2ccccc2)cc1C(=O)OCC. The number of ether oxygens (including phenoxy) is 1. The van der Waals surface area contributed by atoms with Crippen LogP contribution in [0, 0.1) is 0 Å². The molecular weight excluding hydrogens is 340 g/mol. The zero-order valence-corrected chi connectivity index (χ0v) is 15.1. The molecule has 1 aromatic heterocycles. The van der Waals surface area contributed by atoms with Gasteiger partial charge in [0.1, 0.15) is 5.56 Å². The molecule has 0 saturated heterocycles. The number of nitrogens with zero attached hydrogens (tertiary/aromatic N) is 2. The lowest BCUT2D eigenvalue weighted by Gasteiger charge is -2.05. The lowest BCUT2D eigenvalue weighted by Crippen LogP contribution is -2.31. The first-order chi connectivity index (χ1) is 12.1. The molecule has 0 atom stereocenters. The largest absolute Gasteiger partial charge is 0.462 e. The fraction of sp³-hybridized carbons (Fsp3) is 0.353. The van der Waals surface area contributed by atoms with Crippen LogP contribution in [-0.2, 0) is 11.3 Å². The van der Waals surface area contributed by atoms with Gasteiger partial charge in [0.05, 0.1) is 13.2 Å².